The quantitative estimate of drug-likeness (QED) is 0.736. The third-order valence-electron chi connectivity index (χ3n) is 4.65. The number of para-hydroxylation sites is 2. The number of nitrogens with one attached hydrogen (secondary N) is 2. The topological polar surface area (TPSA) is 86.8 Å². The Hall–Kier alpha value is -2.96. The van der Waals surface area contributed by atoms with Crippen LogP contribution in [-0.4, -0.2) is 45.0 Å². The molecule has 3 aromatic rings. The Balaban J connectivity index is 1.30. The van der Waals surface area contributed by atoms with E-state index in [0.717, 1.165) is 48.7 Å². The lowest BCUT2D eigenvalue weighted by Gasteiger charge is -2.33. The van der Waals surface area contributed by atoms with Crippen LogP contribution in [0.1, 0.15) is 25.1 Å². The highest BCUT2D eigenvalue weighted by Crippen LogP contribution is 2.16. The molecule has 1 aliphatic heterocycles. The summed E-state index contributed by atoms with van der Waals surface area (Å²) >= 11 is 0. The van der Waals surface area contributed by atoms with Crippen molar-refractivity contribution in [3.63, 3.8) is 0 Å². The van der Waals surface area contributed by atoms with Gasteiger partial charge >= 0.3 is 0 Å². The Morgan fingerprint density at radius 3 is 2.92 bits per heavy atom. The molecule has 3 heterocycles. The first kappa shape index (κ1) is 16.5. The predicted molar refractivity (Wildman–Crippen MR) is 99.8 cm³/mol. The third-order valence-corrected chi connectivity index (χ3v) is 4.65. The van der Waals surface area contributed by atoms with Gasteiger partial charge in [0.25, 0.3) is 0 Å². The molecule has 2 aromatic heterocycles. The summed E-state index contributed by atoms with van der Waals surface area (Å²) in [5.41, 5.74) is 1.95. The lowest BCUT2D eigenvalue weighted by atomic mass is 10.1. The van der Waals surface area contributed by atoms with Gasteiger partial charge in [-0.3, -0.25) is 4.79 Å². The first-order chi connectivity index (χ1) is 12.8. The van der Waals surface area contributed by atoms with E-state index in [4.69, 9.17) is 0 Å². The third kappa shape index (κ3) is 3.82. The molecule has 1 fully saturated rings. The van der Waals surface area contributed by atoms with Crippen molar-refractivity contribution >= 4 is 22.9 Å². The van der Waals surface area contributed by atoms with E-state index in [9.17, 15) is 4.79 Å². The molecule has 1 unspecified atom stereocenters. The number of aryl methyl sites for hydroxylation is 1. The SMILES string of the molecule is O=C(CCc1nc2ccccc2[nH]1)NC1CCCN(c2ncccn2)C1. The lowest BCUT2D eigenvalue weighted by Crippen LogP contribution is -2.48. The lowest BCUT2D eigenvalue weighted by molar-refractivity contribution is -0.121. The van der Waals surface area contributed by atoms with Gasteiger partial charge in [0.2, 0.25) is 11.9 Å². The Morgan fingerprint density at radius 1 is 1.23 bits per heavy atom. The van der Waals surface area contributed by atoms with E-state index in [0.29, 0.717) is 12.8 Å². The van der Waals surface area contributed by atoms with Gasteiger partial charge in [0, 0.05) is 44.4 Å². The molecule has 7 nitrogen and oxygen atoms in total. The Morgan fingerprint density at radius 2 is 2.08 bits per heavy atom. The Bertz CT molecular complexity index is 845. The highest BCUT2D eigenvalue weighted by atomic mass is 16.1. The molecular weight excluding hydrogens is 328 g/mol. The highest BCUT2D eigenvalue weighted by Gasteiger charge is 2.22. The molecule has 0 radical (unpaired) electrons. The van der Waals surface area contributed by atoms with E-state index in [1.54, 1.807) is 12.4 Å². The minimum absolute atomic E-state index is 0.0614. The number of aromatic amines is 1. The molecule has 1 saturated heterocycles. The van der Waals surface area contributed by atoms with E-state index in [-0.39, 0.29) is 11.9 Å². The Labute approximate surface area is 151 Å². The van der Waals surface area contributed by atoms with E-state index >= 15 is 0 Å². The minimum Gasteiger partial charge on any atom is -0.352 e. The molecule has 0 saturated carbocycles. The molecule has 0 spiro atoms. The maximum Gasteiger partial charge on any atom is 0.225 e. The maximum atomic E-state index is 12.3. The molecule has 134 valence electrons. The summed E-state index contributed by atoms with van der Waals surface area (Å²) in [6.07, 6.45) is 6.54. The van der Waals surface area contributed by atoms with Crippen molar-refractivity contribution in [1.29, 1.82) is 0 Å². The second kappa shape index (κ2) is 7.51. The summed E-state index contributed by atoms with van der Waals surface area (Å²) in [7, 11) is 0. The predicted octanol–water partition coefficient (Wildman–Crippen LogP) is 2.07. The van der Waals surface area contributed by atoms with Crippen LogP contribution in [0.15, 0.2) is 42.7 Å². The average Bonchev–Trinajstić information content (AvgIpc) is 3.10. The van der Waals surface area contributed by atoms with Crippen LogP contribution in [0.3, 0.4) is 0 Å². The van der Waals surface area contributed by atoms with Crippen LogP contribution >= 0.6 is 0 Å². The number of benzene rings is 1. The average molecular weight is 350 g/mol. The van der Waals surface area contributed by atoms with Crippen LogP contribution in [0, 0.1) is 0 Å². The molecule has 7 heteroatoms. The zero-order valence-electron chi connectivity index (χ0n) is 14.6. The molecule has 1 atom stereocenters. The first-order valence-electron chi connectivity index (χ1n) is 9.03. The van der Waals surface area contributed by atoms with E-state index in [1.807, 2.05) is 30.3 Å². The fraction of sp³-hybridized carbons (Fsp3) is 0.368. The molecule has 0 aliphatic carbocycles. The van der Waals surface area contributed by atoms with Crippen molar-refractivity contribution < 1.29 is 4.79 Å². The molecular formula is C19H22N6O. The monoisotopic (exact) mass is 350 g/mol. The number of piperidine rings is 1. The van der Waals surface area contributed by atoms with Crippen molar-refractivity contribution in [3.05, 3.63) is 48.5 Å². The second-order valence-electron chi connectivity index (χ2n) is 6.60. The van der Waals surface area contributed by atoms with Gasteiger partial charge < -0.3 is 15.2 Å². The molecule has 26 heavy (non-hydrogen) atoms. The molecule has 1 amide bonds. The van der Waals surface area contributed by atoms with E-state index in [2.05, 4.69) is 30.2 Å². The summed E-state index contributed by atoms with van der Waals surface area (Å²) in [5.74, 6) is 1.64. The molecule has 1 aromatic carbocycles. The number of carbonyl (C=O) groups is 1. The number of aromatic nitrogens is 4. The summed E-state index contributed by atoms with van der Waals surface area (Å²) in [5, 5.41) is 3.14. The Kier molecular flexibility index (Phi) is 4.77. The summed E-state index contributed by atoms with van der Waals surface area (Å²) < 4.78 is 0. The van der Waals surface area contributed by atoms with E-state index < -0.39 is 0 Å². The number of hydrogen-bond acceptors (Lipinski definition) is 5. The molecule has 0 bridgehead atoms. The van der Waals surface area contributed by atoms with Crippen LogP contribution in [0.25, 0.3) is 11.0 Å². The fourth-order valence-corrected chi connectivity index (χ4v) is 3.39. The van der Waals surface area contributed by atoms with Gasteiger partial charge in [-0.2, -0.15) is 0 Å². The zero-order valence-corrected chi connectivity index (χ0v) is 14.6. The smallest absolute Gasteiger partial charge is 0.225 e. The summed E-state index contributed by atoms with van der Waals surface area (Å²) in [4.78, 5) is 30.9. The molecule has 2 N–H and O–H groups in total. The van der Waals surface area contributed by atoms with Crippen molar-refractivity contribution in [1.82, 2.24) is 25.3 Å². The van der Waals surface area contributed by atoms with Crippen LogP contribution in [-0.2, 0) is 11.2 Å². The number of H-pyrrole nitrogens is 1. The summed E-state index contributed by atoms with van der Waals surface area (Å²) in [6.45, 7) is 1.68. The highest BCUT2D eigenvalue weighted by molar-refractivity contribution is 5.77. The first-order valence-corrected chi connectivity index (χ1v) is 9.03. The van der Waals surface area contributed by atoms with E-state index in [1.165, 1.54) is 0 Å². The number of amides is 1. The number of imidazole rings is 1. The van der Waals surface area contributed by atoms with Crippen LogP contribution in [0.4, 0.5) is 5.95 Å². The minimum atomic E-state index is 0.0614. The van der Waals surface area contributed by atoms with Crippen LogP contribution < -0.4 is 10.2 Å². The number of rotatable bonds is 5. The number of fused-ring (bicyclic) bond motifs is 1. The van der Waals surface area contributed by atoms with Gasteiger partial charge in [-0.05, 0) is 31.0 Å². The van der Waals surface area contributed by atoms with Gasteiger partial charge in [0.1, 0.15) is 5.82 Å². The summed E-state index contributed by atoms with van der Waals surface area (Å²) in [6, 6.07) is 9.85. The number of hydrogen-bond donors (Lipinski definition) is 2. The number of nitrogens with zero attached hydrogens (tertiary/aromatic N) is 4. The number of anilines is 1. The van der Waals surface area contributed by atoms with Crippen molar-refractivity contribution in [2.75, 3.05) is 18.0 Å². The van der Waals surface area contributed by atoms with Crippen LogP contribution in [0.5, 0.6) is 0 Å². The van der Waals surface area contributed by atoms with Crippen molar-refractivity contribution in [2.45, 2.75) is 31.7 Å². The van der Waals surface area contributed by atoms with Crippen molar-refractivity contribution in [3.8, 4) is 0 Å². The standard InChI is InChI=1S/C19H22N6O/c26-18(9-8-17-23-15-6-1-2-7-16(15)24-17)22-14-5-3-12-25(13-14)19-20-10-4-11-21-19/h1-2,4,6-7,10-11,14H,3,5,8-9,12-13H2,(H,22,26)(H,23,24). The molecule has 4 rings (SSSR count). The van der Waals surface area contributed by atoms with Gasteiger partial charge in [0.05, 0.1) is 11.0 Å². The largest absolute Gasteiger partial charge is 0.352 e. The van der Waals surface area contributed by atoms with Gasteiger partial charge in [-0.25, -0.2) is 15.0 Å². The van der Waals surface area contributed by atoms with Crippen molar-refractivity contribution in [2.24, 2.45) is 0 Å². The number of carbonyl (C=O) groups excluding carboxylic acids is 1. The van der Waals surface area contributed by atoms with Crippen LogP contribution in [0.2, 0.25) is 0 Å². The zero-order chi connectivity index (χ0) is 17.8. The second-order valence-corrected chi connectivity index (χ2v) is 6.60. The molecule has 1 aliphatic rings. The fourth-order valence-electron chi connectivity index (χ4n) is 3.39. The van der Waals surface area contributed by atoms with Gasteiger partial charge in [-0.15, -0.1) is 0 Å². The van der Waals surface area contributed by atoms with Gasteiger partial charge in [0.15, 0.2) is 0 Å². The van der Waals surface area contributed by atoms with Gasteiger partial charge in [-0.1, -0.05) is 12.1 Å². The maximum absolute atomic E-state index is 12.3. The normalized spacial score (nSPS) is 17.4.